The molecule has 1 N–H and O–H groups in total. The van der Waals surface area contributed by atoms with Crippen LogP contribution in [0.4, 0.5) is 0 Å². The molecule has 1 fully saturated rings. The highest BCUT2D eigenvalue weighted by Gasteiger charge is 2.30. The van der Waals surface area contributed by atoms with Crippen molar-refractivity contribution >= 4 is 0 Å². The minimum Gasteiger partial charge on any atom is -0.493 e. The van der Waals surface area contributed by atoms with Gasteiger partial charge in [-0.3, -0.25) is 0 Å². The molecular formula is C19H29NO. The molecule has 1 aliphatic heterocycles. The molecule has 1 aromatic carbocycles. The minimum absolute atomic E-state index is 0.692. The van der Waals surface area contributed by atoms with Gasteiger partial charge in [-0.2, -0.15) is 0 Å². The van der Waals surface area contributed by atoms with Gasteiger partial charge in [0.15, 0.2) is 0 Å². The van der Waals surface area contributed by atoms with Crippen molar-refractivity contribution in [2.75, 3.05) is 13.2 Å². The fourth-order valence-electron chi connectivity index (χ4n) is 4.22. The monoisotopic (exact) mass is 287 g/mol. The number of rotatable bonds is 6. The van der Waals surface area contributed by atoms with E-state index in [1.54, 1.807) is 0 Å². The lowest BCUT2D eigenvalue weighted by molar-refractivity contribution is 0.287. The van der Waals surface area contributed by atoms with E-state index >= 15 is 0 Å². The molecule has 0 bridgehead atoms. The second-order valence-corrected chi connectivity index (χ2v) is 6.82. The van der Waals surface area contributed by atoms with E-state index in [4.69, 9.17) is 4.74 Å². The molecule has 116 valence electrons. The van der Waals surface area contributed by atoms with Crippen LogP contribution in [0.15, 0.2) is 18.2 Å². The van der Waals surface area contributed by atoms with Crippen LogP contribution in [0.1, 0.15) is 50.7 Å². The van der Waals surface area contributed by atoms with Crippen molar-refractivity contribution in [2.45, 2.75) is 58.4 Å². The fraction of sp³-hybridized carbons (Fsp3) is 0.684. The van der Waals surface area contributed by atoms with Crippen LogP contribution in [-0.4, -0.2) is 19.2 Å². The van der Waals surface area contributed by atoms with Crippen molar-refractivity contribution in [2.24, 2.45) is 11.8 Å². The summed E-state index contributed by atoms with van der Waals surface area (Å²) in [7, 11) is 0. The number of nitrogens with one attached hydrogen (secondary N) is 1. The lowest BCUT2D eigenvalue weighted by Crippen LogP contribution is -2.37. The fourth-order valence-corrected chi connectivity index (χ4v) is 4.22. The summed E-state index contributed by atoms with van der Waals surface area (Å²) in [6.07, 6.45) is 7.79. The molecule has 2 nitrogen and oxygen atoms in total. The van der Waals surface area contributed by atoms with Gasteiger partial charge in [0.25, 0.3) is 0 Å². The first-order valence-corrected chi connectivity index (χ1v) is 8.76. The van der Waals surface area contributed by atoms with Crippen molar-refractivity contribution in [3.05, 3.63) is 29.3 Å². The third-order valence-electron chi connectivity index (χ3n) is 5.41. The van der Waals surface area contributed by atoms with Gasteiger partial charge < -0.3 is 10.1 Å². The van der Waals surface area contributed by atoms with E-state index in [-0.39, 0.29) is 0 Å². The van der Waals surface area contributed by atoms with Crippen LogP contribution >= 0.6 is 0 Å². The summed E-state index contributed by atoms with van der Waals surface area (Å²) in [4.78, 5) is 0. The second kappa shape index (κ2) is 6.83. The summed E-state index contributed by atoms with van der Waals surface area (Å²) in [6.45, 7) is 6.62. The molecule has 1 heterocycles. The number of fused-ring (bicyclic) bond motifs is 1. The van der Waals surface area contributed by atoms with Gasteiger partial charge in [-0.25, -0.2) is 0 Å². The Labute approximate surface area is 129 Å². The Balaban J connectivity index is 1.61. The largest absolute Gasteiger partial charge is 0.493 e. The van der Waals surface area contributed by atoms with Gasteiger partial charge in [-0.15, -0.1) is 0 Å². The van der Waals surface area contributed by atoms with Crippen LogP contribution in [0.2, 0.25) is 0 Å². The summed E-state index contributed by atoms with van der Waals surface area (Å²) in [5.41, 5.74) is 2.88. The summed E-state index contributed by atoms with van der Waals surface area (Å²) < 4.78 is 5.60. The Hall–Kier alpha value is -1.02. The SMILES string of the molecule is CCNC(CCc1ccc2c(c1)CCO2)C1CCCC1C. The zero-order chi connectivity index (χ0) is 14.7. The number of hydrogen-bond donors (Lipinski definition) is 1. The van der Waals surface area contributed by atoms with Crippen LogP contribution in [0.5, 0.6) is 5.75 Å². The predicted octanol–water partition coefficient (Wildman–Crippen LogP) is 3.97. The van der Waals surface area contributed by atoms with Crippen LogP contribution in [-0.2, 0) is 12.8 Å². The molecule has 0 radical (unpaired) electrons. The molecule has 3 atom stereocenters. The van der Waals surface area contributed by atoms with Gasteiger partial charge in [-0.1, -0.05) is 38.8 Å². The van der Waals surface area contributed by atoms with E-state index in [0.29, 0.717) is 6.04 Å². The maximum absolute atomic E-state index is 5.60. The zero-order valence-electron chi connectivity index (χ0n) is 13.5. The standard InChI is InChI=1S/C19H29NO/c1-3-20-18(17-6-4-5-14(17)2)9-7-15-8-10-19-16(13-15)11-12-21-19/h8,10,13-14,17-18,20H,3-7,9,11-12H2,1-2H3. The van der Waals surface area contributed by atoms with Gasteiger partial charge in [0.1, 0.15) is 5.75 Å². The highest BCUT2D eigenvalue weighted by molar-refractivity contribution is 5.39. The van der Waals surface area contributed by atoms with E-state index < -0.39 is 0 Å². The average Bonchev–Trinajstić information content (AvgIpc) is 3.11. The molecule has 1 aromatic rings. The summed E-state index contributed by atoms with van der Waals surface area (Å²) in [5, 5.41) is 3.75. The van der Waals surface area contributed by atoms with E-state index in [1.807, 2.05) is 0 Å². The molecule has 0 saturated heterocycles. The predicted molar refractivity (Wildman–Crippen MR) is 87.9 cm³/mol. The molecule has 1 aliphatic carbocycles. The Kier molecular flexibility index (Phi) is 4.84. The van der Waals surface area contributed by atoms with E-state index in [9.17, 15) is 0 Å². The molecule has 21 heavy (non-hydrogen) atoms. The Morgan fingerprint density at radius 3 is 3.00 bits per heavy atom. The number of hydrogen-bond acceptors (Lipinski definition) is 2. The highest BCUT2D eigenvalue weighted by atomic mass is 16.5. The first-order chi connectivity index (χ1) is 10.3. The quantitative estimate of drug-likeness (QED) is 0.855. The van der Waals surface area contributed by atoms with E-state index in [1.165, 1.54) is 43.2 Å². The molecule has 2 heteroatoms. The number of aryl methyl sites for hydroxylation is 1. The molecule has 2 aliphatic rings. The maximum Gasteiger partial charge on any atom is 0.122 e. The maximum atomic E-state index is 5.60. The van der Waals surface area contributed by atoms with Gasteiger partial charge in [0, 0.05) is 12.5 Å². The molecular weight excluding hydrogens is 258 g/mol. The summed E-state index contributed by atoms with van der Waals surface area (Å²) >= 11 is 0. The van der Waals surface area contributed by atoms with Crippen LogP contribution in [0.3, 0.4) is 0 Å². The molecule has 3 unspecified atom stereocenters. The third-order valence-corrected chi connectivity index (χ3v) is 5.41. The van der Waals surface area contributed by atoms with Crippen LogP contribution in [0, 0.1) is 11.8 Å². The molecule has 3 rings (SSSR count). The smallest absolute Gasteiger partial charge is 0.122 e. The number of ether oxygens (including phenoxy) is 1. The van der Waals surface area contributed by atoms with E-state index in [2.05, 4.69) is 37.4 Å². The van der Waals surface area contributed by atoms with Crippen molar-refractivity contribution in [3.63, 3.8) is 0 Å². The minimum atomic E-state index is 0.692. The molecule has 1 saturated carbocycles. The summed E-state index contributed by atoms with van der Waals surface area (Å²) in [6, 6.07) is 7.48. The molecule has 0 amide bonds. The Bertz CT molecular complexity index is 471. The highest BCUT2D eigenvalue weighted by Crippen LogP contribution is 2.35. The lowest BCUT2D eigenvalue weighted by Gasteiger charge is -2.28. The Morgan fingerprint density at radius 1 is 1.33 bits per heavy atom. The van der Waals surface area contributed by atoms with Gasteiger partial charge in [0.05, 0.1) is 6.61 Å². The third kappa shape index (κ3) is 3.42. The normalized spacial score (nSPS) is 25.6. The van der Waals surface area contributed by atoms with Crippen molar-refractivity contribution < 1.29 is 4.74 Å². The van der Waals surface area contributed by atoms with Gasteiger partial charge in [0.2, 0.25) is 0 Å². The van der Waals surface area contributed by atoms with Crippen LogP contribution < -0.4 is 10.1 Å². The van der Waals surface area contributed by atoms with Crippen molar-refractivity contribution in [3.8, 4) is 5.75 Å². The molecule has 0 aromatic heterocycles. The van der Waals surface area contributed by atoms with Crippen LogP contribution in [0.25, 0.3) is 0 Å². The van der Waals surface area contributed by atoms with E-state index in [0.717, 1.165) is 37.2 Å². The van der Waals surface area contributed by atoms with Gasteiger partial charge in [-0.05, 0) is 54.8 Å². The van der Waals surface area contributed by atoms with Crippen molar-refractivity contribution in [1.82, 2.24) is 5.32 Å². The topological polar surface area (TPSA) is 21.3 Å². The summed E-state index contributed by atoms with van der Waals surface area (Å²) in [5.74, 6) is 2.87. The average molecular weight is 287 g/mol. The first kappa shape index (κ1) is 14.9. The van der Waals surface area contributed by atoms with Crippen molar-refractivity contribution in [1.29, 1.82) is 0 Å². The molecule has 0 spiro atoms. The second-order valence-electron chi connectivity index (χ2n) is 6.82. The lowest BCUT2D eigenvalue weighted by atomic mass is 9.86. The first-order valence-electron chi connectivity index (χ1n) is 8.76. The zero-order valence-corrected chi connectivity index (χ0v) is 13.5. The van der Waals surface area contributed by atoms with Gasteiger partial charge >= 0.3 is 0 Å². The number of benzene rings is 1. The Morgan fingerprint density at radius 2 is 2.24 bits per heavy atom.